The molecule has 0 aromatic heterocycles. The molecule has 1 unspecified atom stereocenters. The highest BCUT2D eigenvalue weighted by atomic mass is 19.1. The summed E-state index contributed by atoms with van der Waals surface area (Å²) in [4.78, 5) is 0. The molecule has 2 N–H and O–H groups in total. The van der Waals surface area contributed by atoms with E-state index in [1.165, 1.54) is 6.07 Å². The molecule has 0 aliphatic heterocycles. The Morgan fingerprint density at radius 3 is 2.76 bits per heavy atom. The maximum Gasteiger partial charge on any atom is 0.145 e. The normalized spacial score (nSPS) is 12.5. The molecule has 0 amide bonds. The highest BCUT2D eigenvalue weighted by molar-refractivity contribution is 5.34. The van der Waals surface area contributed by atoms with E-state index < -0.39 is 11.9 Å². The number of halogens is 1. The number of nitrogens with zero attached hydrogens (tertiary/aromatic N) is 1. The van der Waals surface area contributed by atoms with E-state index in [9.17, 15) is 9.50 Å². The Labute approximate surface area is 101 Å². The Morgan fingerprint density at radius 1 is 1.47 bits per heavy atom. The molecule has 17 heavy (non-hydrogen) atoms. The number of aliphatic hydroxyl groups excluding tert-OH is 1. The van der Waals surface area contributed by atoms with Crippen LogP contribution in [0.15, 0.2) is 18.2 Å². The van der Waals surface area contributed by atoms with Crippen LogP contribution in [-0.4, -0.2) is 17.8 Å². The molecule has 1 aromatic carbocycles. The molecule has 0 heterocycles. The number of nitrogens with one attached hydrogen (secondary N) is 1. The van der Waals surface area contributed by atoms with Crippen LogP contribution in [0.4, 0.5) is 4.39 Å². The standard InChI is InChI=1S/C13H17FN2O/c1-9(2)12(17)8-16-7-11-5-3-4-10(6-15)13(11)14/h3-5,9,12,16-17H,7-8H2,1-2H3. The molecule has 0 bridgehead atoms. The predicted octanol–water partition coefficient (Wildman–Crippen LogP) is 1.80. The van der Waals surface area contributed by atoms with Gasteiger partial charge >= 0.3 is 0 Å². The zero-order valence-corrected chi connectivity index (χ0v) is 10.1. The molecule has 3 nitrogen and oxygen atoms in total. The highest BCUT2D eigenvalue weighted by Crippen LogP contribution is 2.11. The van der Waals surface area contributed by atoms with Crippen molar-refractivity contribution in [1.29, 1.82) is 5.26 Å². The molecule has 0 aliphatic carbocycles. The predicted molar refractivity (Wildman–Crippen MR) is 63.7 cm³/mol. The largest absolute Gasteiger partial charge is 0.392 e. The van der Waals surface area contributed by atoms with Crippen molar-refractivity contribution in [1.82, 2.24) is 5.32 Å². The van der Waals surface area contributed by atoms with Gasteiger partial charge in [0, 0.05) is 18.7 Å². The van der Waals surface area contributed by atoms with Crippen LogP contribution in [0.25, 0.3) is 0 Å². The van der Waals surface area contributed by atoms with E-state index >= 15 is 0 Å². The van der Waals surface area contributed by atoms with E-state index in [4.69, 9.17) is 5.26 Å². The number of aliphatic hydroxyl groups is 1. The van der Waals surface area contributed by atoms with Gasteiger partial charge in [-0.05, 0) is 12.0 Å². The molecular formula is C13H17FN2O. The van der Waals surface area contributed by atoms with E-state index in [1.807, 2.05) is 13.8 Å². The van der Waals surface area contributed by atoms with Crippen LogP contribution in [0.2, 0.25) is 0 Å². The van der Waals surface area contributed by atoms with Crippen LogP contribution in [0, 0.1) is 23.1 Å². The summed E-state index contributed by atoms with van der Waals surface area (Å²) in [5.74, 6) is -0.320. The van der Waals surface area contributed by atoms with Crippen molar-refractivity contribution in [2.45, 2.75) is 26.5 Å². The van der Waals surface area contributed by atoms with Crippen LogP contribution >= 0.6 is 0 Å². The fraction of sp³-hybridized carbons (Fsp3) is 0.462. The molecule has 0 spiro atoms. The Bertz CT molecular complexity index is 412. The second kappa shape index (κ2) is 6.33. The first-order valence-corrected chi connectivity index (χ1v) is 5.62. The second-order valence-electron chi connectivity index (χ2n) is 4.33. The third-order valence-electron chi connectivity index (χ3n) is 2.64. The third kappa shape index (κ3) is 3.81. The Balaban J connectivity index is 2.56. The fourth-order valence-electron chi connectivity index (χ4n) is 1.39. The molecule has 1 rings (SSSR count). The summed E-state index contributed by atoms with van der Waals surface area (Å²) >= 11 is 0. The van der Waals surface area contributed by atoms with Gasteiger partial charge < -0.3 is 10.4 Å². The SMILES string of the molecule is CC(C)C(O)CNCc1cccc(C#N)c1F. The quantitative estimate of drug-likeness (QED) is 0.819. The van der Waals surface area contributed by atoms with Crippen LogP contribution in [0.1, 0.15) is 25.0 Å². The van der Waals surface area contributed by atoms with Crippen LogP contribution in [0.3, 0.4) is 0 Å². The Hall–Kier alpha value is -1.44. The summed E-state index contributed by atoms with van der Waals surface area (Å²) in [7, 11) is 0. The van der Waals surface area contributed by atoms with Crippen LogP contribution < -0.4 is 5.32 Å². The molecule has 1 aromatic rings. The van der Waals surface area contributed by atoms with Gasteiger partial charge in [-0.2, -0.15) is 5.26 Å². The first kappa shape index (κ1) is 13.6. The maximum atomic E-state index is 13.6. The van der Waals surface area contributed by atoms with Gasteiger partial charge in [0.2, 0.25) is 0 Å². The van der Waals surface area contributed by atoms with Crippen LogP contribution in [0.5, 0.6) is 0 Å². The average Bonchev–Trinajstić information content (AvgIpc) is 2.31. The molecule has 4 heteroatoms. The molecule has 0 saturated heterocycles. The monoisotopic (exact) mass is 236 g/mol. The fourth-order valence-corrected chi connectivity index (χ4v) is 1.39. The van der Waals surface area contributed by atoms with Crippen LogP contribution in [-0.2, 0) is 6.54 Å². The molecule has 1 atom stereocenters. The maximum absolute atomic E-state index is 13.6. The second-order valence-corrected chi connectivity index (χ2v) is 4.33. The van der Waals surface area contributed by atoms with Crippen molar-refractivity contribution in [2.24, 2.45) is 5.92 Å². The topological polar surface area (TPSA) is 56.0 Å². The summed E-state index contributed by atoms with van der Waals surface area (Å²) < 4.78 is 13.6. The first-order chi connectivity index (χ1) is 8.06. The van der Waals surface area contributed by atoms with E-state index in [1.54, 1.807) is 18.2 Å². The number of rotatable bonds is 5. The number of nitriles is 1. The average molecular weight is 236 g/mol. The third-order valence-corrected chi connectivity index (χ3v) is 2.64. The summed E-state index contributed by atoms with van der Waals surface area (Å²) in [6, 6.07) is 6.53. The van der Waals surface area contributed by atoms with Gasteiger partial charge in [0.05, 0.1) is 11.7 Å². The minimum atomic E-state index is -0.485. The molecule has 0 radical (unpaired) electrons. The minimum absolute atomic E-state index is 0.0497. The van der Waals surface area contributed by atoms with Gasteiger partial charge in [-0.25, -0.2) is 4.39 Å². The van der Waals surface area contributed by atoms with Gasteiger partial charge in [-0.1, -0.05) is 26.0 Å². The minimum Gasteiger partial charge on any atom is -0.392 e. The number of hydrogen-bond donors (Lipinski definition) is 2. The lowest BCUT2D eigenvalue weighted by Gasteiger charge is -2.15. The molecule has 92 valence electrons. The summed E-state index contributed by atoms with van der Waals surface area (Å²) in [5, 5.41) is 21.2. The van der Waals surface area contributed by atoms with Crippen molar-refractivity contribution in [3.63, 3.8) is 0 Å². The van der Waals surface area contributed by atoms with Gasteiger partial charge in [0.1, 0.15) is 11.9 Å². The van der Waals surface area contributed by atoms with Gasteiger partial charge in [-0.3, -0.25) is 0 Å². The number of hydrogen-bond acceptors (Lipinski definition) is 3. The summed E-state index contributed by atoms with van der Waals surface area (Å²) in [5.41, 5.74) is 0.494. The van der Waals surface area contributed by atoms with Crippen molar-refractivity contribution >= 4 is 0 Å². The molecule has 0 saturated carbocycles. The first-order valence-electron chi connectivity index (χ1n) is 5.62. The van der Waals surface area contributed by atoms with Crippen molar-refractivity contribution in [3.05, 3.63) is 35.1 Å². The van der Waals surface area contributed by atoms with E-state index in [0.29, 0.717) is 18.7 Å². The lowest BCUT2D eigenvalue weighted by atomic mass is 10.1. The lowest BCUT2D eigenvalue weighted by molar-refractivity contribution is 0.123. The van der Waals surface area contributed by atoms with E-state index in [-0.39, 0.29) is 11.5 Å². The van der Waals surface area contributed by atoms with Crippen molar-refractivity contribution in [2.75, 3.05) is 6.54 Å². The zero-order chi connectivity index (χ0) is 12.8. The smallest absolute Gasteiger partial charge is 0.145 e. The van der Waals surface area contributed by atoms with Gasteiger partial charge in [0.15, 0.2) is 0 Å². The Kier molecular flexibility index (Phi) is 5.08. The molecular weight excluding hydrogens is 219 g/mol. The van der Waals surface area contributed by atoms with Crippen molar-refractivity contribution in [3.8, 4) is 6.07 Å². The van der Waals surface area contributed by atoms with Crippen molar-refractivity contribution < 1.29 is 9.50 Å². The van der Waals surface area contributed by atoms with E-state index in [2.05, 4.69) is 5.32 Å². The van der Waals surface area contributed by atoms with Gasteiger partial charge in [0.25, 0.3) is 0 Å². The summed E-state index contributed by atoms with van der Waals surface area (Å²) in [6.45, 7) is 4.56. The Morgan fingerprint density at radius 2 is 2.18 bits per heavy atom. The lowest BCUT2D eigenvalue weighted by Crippen LogP contribution is -2.30. The molecule has 0 fully saturated rings. The highest BCUT2D eigenvalue weighted by Gasteiger charge is 2.10. The number of benzene rings is 1. The summed E-state index contributed by atoms with van der Waals surface area (Å²) in [6.07, 6.45) is -0.447. The van der Waals surface area contributed by atoms with Gasteiger partial charge in [-0.15, -0.1) is 0 Å². The zero-order valence-electron chi connectivity index (χ0n) is 10.1. The van der Waals surface area contributed by atoms with E-state index in [0.717, 1.165) is 0 Å². The molecule has 0 aliphatic rings.